The molecule has 0 saturated carbocycles. The molecule has 0 amide bonds. The number of hydrogen-bond acceptors (Lipinski definition) is 3. The van der Waals surface area contributed by atoms with Crippen LogP contribution >= 0.6 is 11.3 Å². The van der Waals surface area contributed by atoms with Crippen LogP contribution in [0.5, 0.6) is 0 Å². The highest BCUT2D eigenvalue weighted by Crippen LogP contribution is 2.30. The normalized spacial score (nSPS) is 11.7. The fourth-order valence-electron chi connectivity index (χ4n) is 2.17. The third-order valence-electron chi connectivity index (χ3n) is 3.47. The molecule has 0 saturated heterocycles. The molecule has 1 aromatic carbocycles. The highest BCUT2D eigenvalue weighted by Gasteiger charge is 2.31. The molecule has 1 heterocycles. The summed E-state index contributed by atoms with van der Waals surface area (Å²) in [5, 5.41) is 21.3. The minimum Gasteiger partial charge on any atom is -0.395 e. The Morgan fingerprint density at radius 3 is 2.47 bits per heavy atom. The second-order valence-electron chi connectivity index (χ2n) is 4.69. The van der Waals surface area contributed by atoms with Crippen molar-refractivity contribution in [2.75, 3.05) is 13.2 Å². The summed E-state index contributed by atoms with van der Waals surface area (Å²) in [6.07, 6.45) is 1.35. The summed E-state index contributed by atoms with van der Waals surface area (Å²) < 4.78 is 13.3. The van der Waals surface area contributed by atoms with E-state index < -0.39 is 5.41 Å². The van der Waals surface area contributed by atoms with E-state index in [9.17, 15) is 14.6 Å². The Bertz CT molecular complexity index is 507. The maximum absolute atomic E-state index is 13.3. The van der Waals surface area contributed by atoms with Crippen molar-refractivity contribution in [1.82, 2.24) is 0 Å². The van der Waals surface area contributed by atoms with Crippen LogP contribution in [0.15, 0.2) is 41.8 Å². The van der Waals surface area contributed by atoms with Crippen LogP contribution in [0.4, 0.5) is 4.39 Å². The maximum atomic E-state index is 13.3. The molecule has 19 heavy (non-hydrogen) atoms. The Balaban J connectivity index is 2.21. The molecule has 0 aliphatic heterocycles. The van der Waals surface area contributed by atoms with Crippen LogP contribution in [0.3, 0.4) is 0 Å². The quantitative estimate of drug-likeness (QED) is 0.854. The van der Waals surface area contributed by atoms with E-state index in [0.29, 0.717) is 12.0 Å². The summed E-state index contributed by atoms with van der Waals surface area (Å²) in [6, 6.07) is 10.1. The summed E-state index contributed by atoms with van der Waals surface area (Å²) in [5.74, 6) is -0.347. The topological polar surface area (TPSA) is 40.5 Å². The molecule has 0 unspecified atom stereocenters. The van der Waals surface area contributed by atoms with Crippen molar-refractivity contribution >= 4 is 11.3 Å². The molecule has 102 valence electrons. The average molecular weight is 280 g/mol. The van der Waals surface area contributed by atoms with Gasteiger partial charge in [-0.1, -0.05) is 18.2 Å². The number of benzene rings is 1. The first-order valence-corrected chi connectivity index (χ1v) is 7.08. The zero-order chi connectivity index (χ0) is 13.7. The van der Waals surface area contributed by atoms with Crippen LogP contribution in [0, 0.1) is 5.82 Å². The van der Waals surface area contributed by atoms with Gasteiger partial charge in [0.05, 0.1) is 13.2 Å². The largest absolute Gasteiger partial charge is 0.395 e. The van der Waals surface area contributed by atoms with E-state index in [1.54, 1.807) is 23.5 Å². The molecule has 0 fully saturated rings. The van der Waals surface area contributed by atoms with E-state index in [-0.39, 0.29) is 19.0 Å². The zero-order valence-corrected chi connectivity index (χ0v) is 11.4. The molecule has 0 spiro atoms. The number of rotatable bonds is 6. The molecule has 2 nitrogen and oxygen atoms in total. The molecule has 0 aliphatic carbocycles. The van der Waals surface area contributed by atoms with Crippen LogP contribution < -0.4 is 0 Å². The van der Waals surface area contributed by atoms with E-state index in [0.717, 1.165) is 6.42 Å². The second kappa shape index (κ2) is 6.28. The van der Waals surface area contributed by atoms with E-state index in [2.05, 4.69) is 0 Å². The first kappa shape index (κ1) is 14.2. The predicted octanol–water partition coefficient (Wildman–Crippen LogP) is 2.74. The Kier molecular flexibility index (Phi) is 4.69. The van der Waals surface area contributed by atoms with Gasteiger partial charge in [0.25, 0.3) is 0 Å². The van der Waals surface area contributed by atoms with Crippen molar-refractivity contribution in [3.05, 3.63) is 58.0 Å². The van der Waals surface area contributed by atoms with Gasteiger partial charge in [-0.25, -0.2) is 4.39 Å². The summed E-state index contributed by atoms with van der Waals surface area (Å²) >= 11 is 1.65. The first-order valence-electron chi connectivity index (χ1n) is 6.20. The number of aryl methyl sites for hydroxylation is 1. The van der Waals surface area contributed by atoms with Crippen LogP contribution in [-0.2, 0) is 11.8 Å². The minimum absolute atomic E-state index is 0.196. The molecule has 2 N–H and O–H groups in total. The van der Waals surface area contributed by atoms with E-state index in [1.165, 1.54) is 17.0 Å². The van der Waals surface area contributed by atoms with Crippen LogP contribution in [0.2, 0.25) is 0 Å². The standard InChI is InChI=1S/C15H17FO2S/c16-13-4-1-3-12(9-13)15(10-17,11-18)7-6-14-5-2-8-19-14/h1-5,8-9,17-18H,6-7,10-11H2. The lowest BCUT2D eigenvalue weighted by Crippen LogP contribution is -2.35. The van der Waals surface area contributed by atoms with E-state index >= 15 is 0 Å². The van der Waals surface area contributed by atoms with Gasteiger partial charge in [-0.3, -0.25) is 0 Å². The lowest BCUT2D eigenvalue weighted by molar-refractivity contribution is 0.109. The smallest absolute Gasteiger partial charge is 0.123 e. The molecule has 2 aromatic rings. The number of aliphatic hydroxyl groups excluding tert-OH is 2. The zero-order valence-electron chi connectivity index (χ0n) is 10.6. The van der Waals surface area contributed by atoms with Gasteiger partial charge in [0.2, 0.25) is 0 Å². The third-order valence-corrected chi connectivity index (χ3v) is 4.41. The Morgan fingerprint density at radius 2 is 1.89 bits per heavy atom. The van der Waals surface area contributed by atoms with Crippen molar-refractivity contribution in [3.8, 4) is 0 Å². The summed E-state index contributed by atoms with van der Waals surface area (Å²) in [6.45, 7) is -0.392. The second-order valence-corrected chi connectivity index (χ2v) is 5.72. The summed E-state index contributed by atoms with van der Waals surface area (Å²) in [7, 11) is 0. The van der Waals surface area contributed by atoms with Gasteiger partial charge in [-0.15, -0.1) is 11.3 Å². The van der Waals surface area contributed by atoms with Crippen molar-refractivity contribution in [1.29, 1.82) is 0 Å². The molecule has 4 heteroatoms. The maximum Gasteiger partial charge on any atom is 0.123 e. The van der Waals surface area contributed by atoms with Crippen LogP contribution in [0.1, 0.15) is 16.9 Å². The van der Waals surface area contributed by atoms with Gasteiger partial charge >= 0.3 is 0 Å². The molecule has 1 aromatic heterocycles. The van der Waals surface area contributed by atoms with Crippen LogP contribution in [-0.4, -0.2) is 23.4 Å². The fourth-order valence-corrected chi connectivity index (χ4v) is 2.88. The highest BCUT2D eigenvalue weighted by atomic mass is 32.1. The number of halogens is 1. The Labute approximate surface area is 116 Å². The predicted molar refractivity (Wildman–Crippen MR) is 74.9 cm³/mol. The highest BCUT2D eigenvalue weighted by molar-refractivity contribution is 7.09. The van der Waals surface area contributed by atoms with Gasteiger partial charge in [0.1, 0.15) is 5.82 Å². The number of thiophene rings is 1. The Hall–Kier alpha value is -1.23. The lowest BCUT2D eigenvalue weighted by Gasteiger charge is -2.30. The fraction of sp³-hybridized carbons (Fsp3) is 0.333. The molecule has 2 rings (SSSR count). The van der Waals surface area contributed by atoms with Gasteiger partial charge < -0.3 is 10.2 Å². The van der Waals surface area contributed by atoms with Gasteiger partial charge in [0.15, 0.2) is 0 Å². The van der Waals surface area contributed by atoms with Crippen molar-refractivity contribution in [3.63, 3.8) is 0 Å². The molecule has 0 radical (unpaired) electrons. The van der Waals surface area contributed by atoms with E-state index in [1.807, 2.05) is 17.5 Å². The number of aliphatic hydroxyl groups is 2. The molecular formula is C15H17FO2S. The third kappa shape index (κ3) is 3.21. The summed E-state index contributed by atoms with van der Waals surface area (Å²) in [5.41, 5.74) is -0.138. The molecule has 0 atom stereocenters. The summed E-state index contributed by atoms with van der Waals surface area (Å²) in [4.78, 5) is 1.20. The van der Waals surface area contributed by atoms with E-state index in [4.69, 9.17) is 0 Å². The molecule has 0 aliphatic rings. The Morgan fingerprint density at radius 1 is 1.11 bits per heavy atom. The molecule has 0 bridgehead atoms. The van der Waals surface area contributed by atoms with Gasteiger partial charge in [-0.05, 0) is 42.0 Å². The monoisotopic (exact) mass is 280 g/mol. The van der Waals surface area contributed by atoms with Gasteiger partial charge in [0, 0.05) is 10.3 Å². The van der Waals surface area contributed by atoms with Crippen molar-refractivity contribution in [2.45, 2.75) is 18.3 Å². The first-order chi connectivity index (χ1) is 9.20. The molecular weight excluding hydrogens is 263 g/mol. The SMILES string of the molecule is OCC(CO)(CCc1cccs1)c1cccc(F)c1. The van der Waals surface area contributed by atoms with Crippen LogP contribution in [0.25, 0.3) is 0 Å². The number of hydrogen-bond donors (Lipinski definition) is 2. The van der Waals surface area contributed by atoms with Gasteiger partial charge in [-0.2, -0.15) is 0 Å². The minimum atomic E-state index is -0.786. The van der Waals surface area contributed by atoms with Crippen molar-refractivity contribution < 1.29 is 14.6 Å². The average Bonchev–Trinajstić information content (AvgIpc) is 2.94. The lowest BCUT2D eigenvalue weighted by atomic mass is 9.78. The van der Waals surface area contributed by atoms with Crippen molar-refractivity contribution in [2.24, 2.45) is 0 Å².